The average Bonchev–Trinajstić information content (AvgIpc) is 3.83. The van der Waals surface area contributed by atoms with E-state index in [4.69, 9.17) is 10.5 Å². The third kappa shape index (κ3) is 5.45. The molecule has 0 radical (unpaired) electrons. The van der Waals surface area contributed by atoms with Crippen LogP contribution < -0.4 is 20.8 Å². The van der Waals surface area contributed by atoms with E-state index in [0.717, 1.165) is 37.3 Å². The number of fused-ring (bicyclic) bond motifs is 2. The standard InChI is InChI=1S/C31H34FN7O6/c1-36(12-13-38-23-8-4-3-7-19(23)24(29(38)41)34-35-31(33)44)18-6-5-11-37(15-18)26-22(32)14-20-25(28(26)45-2)39(17-9-10-17)16-21(27(20)40)30(42)43/h3-4,7-8,14,16-18,41H,5-6,9-13,15H2,1-2H3,(H2,33,44)(H,42,43). The molecule has 1 atom stereocenters. The predicted octanol–water partition coefficient (Wildman–Crippen LogP) is 4.61. The van der Waals surface area contributed by atoms with Gasteiger partial charge in [-0.2, -0.15) is 0 Å². The van der Waals surface area contributed by atoms with Gasteiger partial charge >= 0.3 is 12.0 Å². The number of rotatable bonds is 9. The number of piperidine rings is 1. The molecule has 2 fully saturated rings. The van der Waals surface area contributed by atoms with Crippen LogP contribution in [0.1, 0.15) is 42.1 Å². The first-order valence-electron chi connectivity index (χ1n) is 14.8. The van der Waals surface area contributed by atoms with Crippen LogP contribution in [0.5, 0.6) is 11.6 Å². The molecule has 0 bridgehead atoms. The fourth-order valence-corrected chi connectivity index (χ4v) is 6.38. The van der Waals surface area contributed by atoms with Crippen molar-refractivity contribution in [3.05, 3.63) is 58.1 Å². The SMILES string of the molecule is COc1c(N2CCCC(N(C)CCn3c(O)c(N=NC(N)=O)c4ccccc43)C2)c(F)cc2c(=O)c(C(=O)O)cn(C3CC3)c12. The lowest BCUT2D eigenvalue weighted by Crippen LogP contribution is -2.47. The molecule has 13 nitrogen and oxygen atoms in total. The molecule has 1 aliphatic heterocycles. The van der Waals surface area contributed by atoms with Gasteiger partial charge in [0.05, 0.1) is 23.5 Å². The molecule has 1 saturated heterocycles. The van der Waals surface area contributed by atoms with Gasteiger partial charge in [0.2, 0.25) is 11.3 Å². The molecule has 2 amide bonds. The summed E-state index contributed by atoms with van der Waals surface area (Å²) in [6.45, 7) is 1.99. The number of aromatic carboxylic acids is 1. The first-order valence-corrected chi connectivity index (χ1v) is 14.8. The van der Waals surface area contributed by atoms with Crippen molar-refractivity contribution in [2.45, 2.75) is 44.3 Å². The highest BCUT2D eigenvalue weighted by Gasteiger charge is 2.33. The number of aromatic hydroxyl groups is 1. The van der Waals surface area contributed by atoms with Crippen molar-refractivity contribution in [3.8, 4) is 11.6 Å². The number of halogens is 1. The number of aromatic nitrogens is 2. The van der Waals surface area contributed by atoms with Crippen LogP contribution in [0, 0.1) is 5.82 Å². The number of likely N-dealkylation sites (N-methyl/N-ethyl adjacent to an activating group) is 1. The summed E-state index contributed by atoms with van der Waals surface area (Å²) in [5, 5.41) is 28.5. The Morgan fingerprint density at radius 1 is 1.20 bits per heavy atom. The van der Waals surface area contributed by atoms with E-state index in [1.54, 1.807) is 21.3 Å². The molecule has 0 spiro atoms. The summed E-state index contributed by atoms with van der Waals surface area (Å²) in [4.78, 5) is 40.1. The Balaban J connectivity index is 1.28. The van der Waals surface area contributed by atoms with E-state index >= 15 is 4.39 Å². The van der Waals surface area contributed by atoms with Crippen molar-refractivity contribution in [3.63, 3.8) is 0 Å². The highest BCUT2D eigenvalue weighted by Crippen LogP contribution is 2.44. The first kappa shape index (κ1) is 30.1. The van der Waals surface area contributed by atoms with Crippen molar-refractivity contribution in [1.29, 1.82) is 0 Å². The minimum absolute atomic E-state index is 0.0117. The third-order valence-electron chi connectivity index (χ3n) is 8.75. The molecule has 3 heterocycles. The number of amides is 2. The Morgan fingerprint density at radius 3 is 2.64 bits per heavy atom. The fraction of sp³-hybridized carbons (Fsp3) is 0.387. The highest BCUT2D eigenvalue weighted by molar-refractivity contribution is 5.97. The molecule has 2 aromatic heterocycles. The van der Waals surface area contributed by atoms with Crippen molar-refractivity contribution in [1.82, 2.24) is 14.0 Å². The molecule has 1 saturated carbocycles. The average molecular weight is 620 g/mol. The Labute approximate surface area is 256 Å². The quantitative estimate of drug-likeness (QED) is 0.228. The van der Waals surface area contributed by atoms with Gasteiger partial charge in [-0.05, 0) is 44.9 Å². The Hall–Kier alpha value is -4.98. The topological polar surface area (TPSA) is 168 Å². The van der Waals surface area contributed by atoms with Gasteiger partial charge in [-0.1, -0.05) is 23.3 Å². The number of azo groups is 1. The van der Waals surface area contributed by atoms with Gasteiger partial charge in [-0.3, -0.25) is 9.69 Å². The van der Waals surface area contributed by atoms with E-state index in [-0.39, 0.29) is 40.5 Å². The molecule has 4 N–H and O–H groups in total. The molecule has 45 heavy (non-hydrogen) atoms. The van der Waals surface area contributed by atoms with Crippen LogP contribution in [0.25, 0.3) is 21.8 Å². The predicted molar refractivity (Wildman–Crippen MR) is 166 cm³/mol. The Kier molecular flexibility index (Phi) is 7.91. The normalized spacial score (nSPS) is 17.2. The van der Waals surface area contributed by atoms with Gasteiger partial charge in [-0.15, -0.1) is 5.11 Å². The summed E-state index contributed by atoms with van der Waals surface area (Å²) in [6.07, 6.45) is 4.63. The van der Waals surface area contributed by atoms with Gasteiger partial charge in [0.25, 0.3) is 0 Å². The summed E-state index contributed by atoms with van der Waals surface area (Å²) in [7, 11) is 3.40. The number of urea groups is 1. The van der Waals surface area contributed by atoms with E-state index in [0.29, 0.717) is 37.1 Å². The number of hydrogen-bond acceptors (Lipinski definition) is 8. The number of carboxylic acids is 1. The van der Waals surface area contributed by atoms with E-state index in [9.17, 15) is 24.6 Å². The zero-order valence-electron chi connectivity index (χ0n) is 24.9. The number of para-hydroxylation sites is 1. The minimum atomic E-state index is -1.35. The maximum absolute atomic E-state index is 15.9. The maximum atomic E-state index is 15.9. The van der Waals surface area contributed by atoms with Crippen LogP contribution in [-0.2, 0) is 6.54 Å². The van der Waals surface area contributed by atoms with Gasteiger partial charge < -0.3 is 34.7 Å². The van der Waals surface area contributed by atoms with Crippen molar-refractivity contribution in [2.75, 3.05) is 38.7 Å². The van der Waals surface area contributed by atoms with Crippen molar-refractivity contribution in [2.24, 2.45) is 16.0 Å². The first-order chi connectivity index (χ1) is 21.6. The number of carboxylic acid groups (broad SMARTS) is 1. The van der Waals surface area contributed by atoms with Crippen LogP contribution in [0.2, 0.25) is 0 Å². The van der Waals surface area contributed by atoms with E-state index in [1.165, 1.54) is 13.3 Å². The molecule has 14 heteroatoms. The molecule has 6 rings (SSSR count). The van der Waals surface area contributed by atoms with E-state index in [1.807, 2.05) is 24.1 Å². The van der Waals surface area contributed by atoms with Crippen LogP contribution in [-0.4, -0.2) is 76.1 Å². The van der Waals surface area contributed by atoms with E-state index < -0.39 is 28.8 Å². The van der Waals surface area contributed by atoms with Gasteiger partial charge in [-0.25, -0.2) is 14.0 Å². The number of hydrogen-bond donors (Lipinski definition) is 3. The lowest BCUT2D eigenvalue weighted by Gasteiger charge is -2.39. The number of pyridine rings is 1. The number of carbonyl (C=O) groups is 2. The number of primary amides is 1. The monoisotopic (exact) mass is 619 g/mol. The molecule has 2 aromatic carbocycles. The molecule has 2 aliphatic rings. The second-order valence-electron chi connectivity index (χ2n) is 11.6. The number of nitrogens with zero attached hydrogens (tertiary/aromatic N) is 6. The molecule has 236 valence electrons. The summed E-state index contributed by atoms with van der Waals surface area (Å²) in [5.41, 5.74) is 5.51. The summed E-state index contributed by atoms with van der Waals surface area (Å²) in [6, 6.07) is 7.47. The summed E-state index contributed by atoms with van der Waals surface area (Å²) >= 11 is 0. The van der Waals surface area contributed by atoms with Crippen LogP contribution in [0.15, 0.2) is 51.6 Å². The lowest BCUT2D eigenvalue weighted by atomic mass is 10.0. The number of ether oxygens (including phenoxy) is 1. The van der Waals surface area contributed by atoms with Gasteiger partial charge in [0, 0.05) is 49.8 Å². The number of carbonyl (C=O) groups excluding carboxylic acids is 1. The third-order valence-corrected chi connectivity index (χ3v) is 8.75. The zero-order valence-corrected chi connectivity index (χ0v) is 24.9. The van der Waals surface area contributed by atoms with Crippen LogP contribution >= 0.6 is 0 Å². The fourth-order valence-electron chi connectivity index (χ4n) is 6.38. The van der Waals surface area contributed by atoms with Gasteiger partial charge in [0.15, 0.2) is 17.3 Å². The van der Waals surface area contributed by atoms with Crippen LogP contribution in [0.3, 0.4) is 0 Å². The molecular weight excluding hydrogens is 585 g/mol. The number of anilines is 1. The molecular formula is C31H34FN7O6. The largest absolute Gasteiger partial charge is 0.493 e. The van der Waals surface area contributed by atoms with Crippen LogP contribution in [0.4, 0.5) is 20.6 Å². The second kappa shape index (κ2) is 11.8. The Morgan fingerprint density at radius 2 is 1.96 bits per heavy atom. The van der Waals surface area contributed by atoms with Crippen molar-refractivity contribution < 1.29 is 28.9 Å². The Bertz CT molecular complexity index is 1910. The van der Waals surface area contributed by atoms with E-state index in [2.05, 4.69) is 15.1 Å². The van der Waals surface area contributed by atoms with Crippen molar-refractivity contribution >= 4 is 45.2 Å². The number of nitrogens with two attached hydrogens (primary N) is 1. The van der Waals surface area contributed by atoms with Gasteiger partial charge in [0.1, 0.15) is 11.3 Å². The number of benzene rings is 2. The highest BCUT2D eigenvalue weighted by atomic mass is 19.1. The minimum Gasteiger partial charge on any atom is -0.493 e. The smallest absolute Gasteiger partial charge is 0.356 e. The molecule has 4 aromatic rings. The second-order valence-corrected chi connectivity index (χ2v) is 11.6. The molecule has 1 aliphatic carbocycles. The lowest BCUT2D eigenvalue weighted by molar-refractivity contribution is 0.0694. The molecule has 1 unspecified atom stereocenters. The summed E-state index contributed by atoms with van der Waals surface area (Å²) < 4.78 is 25.1. The number of methoxy groups -OCH3 is 1. The maximum Gasteiger partial charge on any atom is 0.356 e. The summed E-state index contributed by atoms with van der Waals surface area (Å²) in [5.74, 6) is -1.91. The zero-order chi connectivity index (χ0) is 32.0.